The van der Waals surface area contributed by atoms with Crippen LogP contribution < -0.4 is 0 Å². The molecule has 0 atom stereocenters. The second-order valence-electron chi connectivity index (χ2n) is 5.01. The summed E-state index contributed by atoms with van der Waals surface area (Å²) in [5.41, 5.74) is -0.468. The van der Waals surface area contributed by atoms with Crippen molar-refractivity contribution >= 4 is 11.9 Å². The highest BCUT2D eigenvalue weighted by atomic mass is 16.4. The van der Waals surface area contributed by atoms with Gasteiger partial charge in [-0.1, -0.05) is 26.0 Å². The summed E-state index contributed by atoms with van der Waals surface area (Å²) >= 11 is 0. The average molecular weight is 225 g/mol. The van der Waals surface area contributed by atoms with Gasteiger partial charge >= 0.3 is 5.97 Å². The standard InChI is InChI=1S/C12H19NO3/c1-12(2,9-11(15)16)8-10(14)13-6-4-3-5-7-13/h3-4H,5-9H2,1-2H3,(H,15,16). The van der Waals surface area contributed by atoms with Crippen molar-refractivity contribution in [3.05, 3.63) is 12.2 Å². The lowest BCUT2D eigenvalue weighted by atomic mass is 9.85. The number of carbonyl (C=O) groups excluding carboxylic acids is 1. The van der Waals surface area contributed by atoms with Crippen LogP contribution in [0.1, 0.15) is 33.1 Å². The zero-order valence-electron chi connectivity index (χ0n) is 9.90. The van der Waals surface area contributed by atoms with Gasteiger partial charge in [-0.15, -0.1) is 0 Å². The zero-order valence-corrected chi connectivity index (χ0v) is 9.90. The van der Waals surface area contributed by atoms with Crippen molar-refractivity contribution in [2.24, 2.45) is 5.41 Å². The Morgan fingerprint density at radius 2 is 2.00 bits per heavy atom. The number of hydrogen-bond donors (Lipinski definition) is 1. The van der Waals surface area contributed by atoms with Gasteiger partial charge in [-0.25, -0.2) is 0 Å². The number of hydrogen-bond acceptors (Lipinski definition) is 2. The first-order chi connectivity index (χ1) is 7.41. The van der Waals surface area contributed by atoms with Crippen LogP contribution in [0.2, 0.25) is 0 Å². The van der Waals surface area contributed by atoms with E-state index in [0.717, 1.165) is 13.0 Å². The molecule has 0 aromatic rings. The van der Waals surface area contributed by atoms with E-state index in [9.17, 15) is 9.59 Å². The van der Waals surface area contributed by atoms with Crippen LogP contribution in [-0.4, -0.2) is 35.0 Å². The molecule has 0 aromatic heterocycles. The van der Waals surface area contributed by atoms with Crippen LogP contribution in [0, 0.1) is 5.41 Å². The monoisotopic (exact) mass is 225 g/mol. The highest BCUT2D eigenvalue weighted by Crippen LogP contribution is 2.26. The van der Waals surface area contributed by atoms with E-state index in [1.54, 1.807) is 4.90 Å². The molecule has 0 radical (unpaired) electrons. The van der Waals surface area contributed by atoms with Crippen LogP contribution in [0.15, 0.2) is 12.2 Å². The minimum Gasteiger partial charge on any atom is -0.481 e. The summed E-state index contributed by atoms with van der Waals surface area (Å²) in [4.78, 5) is 24.3. The van der Waals surface area contributed by atoms with E-state index in [4.69, 9.17) is 5.11 Å². The van der Waals surface area contributed by atoms with E-state index in [1.165, 1.54) is 0 Å². The molecule has 4 nitrogen and oxygen atoms in total. The molecule has 1 N–H and O–H groups in total. The number of carbonyl (C=O) groups is 2. The number of amides is 1. The second-order valence-corrected chi connectivity index (χ2v) is 5.01. The minimum atomic E-state index is -0.851. The number of aliphatic carboxylic acids is 1. The van der Waals surface area contributed by atoms with Crippen molar-refractivity contribution < 1.29 is 14.7 Å². The molecule has 1 aliphatic heterocycles. The normalized spacial score (nSPS) is 16.2. The molecule has 0 aromatic carbocycles. The third-order valence-corrected chi connectivity index (χ3v) is 2.67. The molecule has 0 spiro atoms. The smallest absolute Gasteiger partial charge is 0.303 e. The lowest BCUT2D eigenvalue weighted by Gasteiger charge is -2.28. The van der Waals surface area contributed by atoms with Gasteiger partial charge in [-0.05, 0) is 11.8 Å². The molecule has 16 heavy (non-hydrogen) atoms. The number of nitrogens with zero attached hydrogens (tertiary/aromatic N) is 1. The van der Waals surface area contributed by atoms with Crippen molar-refractivity contribution in [2.75, 3.05) is 13.1 Å². The van der Waals surface area contributed by atoms with Crippen LogP contribution in [-0.2, 0) is 9.59 Å². The first kappa shape index (κ1) is 12.7. The summed E-state index contributed by atoms with van der Waals surface area (Å²) in [7, 11) is 0. The van der Waals surface area contributed by atoms with E-state index in [0.29, 0.717) is 13.0 Å². The second kappa shape index (κ2) is 5.14. The predicted molar refractivity (Wildman–Crippen MR) is 61.0 cm³/mol. The van der Waals surface area contributed by atoms with Crippen molar-refractivity contribution in [3.8, 4) is 0 Å². The highest BCUT2D eigenvalue weighted by Gasteiger charge is 2.27. The molecule has 90 valence electrons. The van der Waals surface area contributed by atoms with Gasteiger partial charge in [0, 0.05) is 19.5 Å². The quantitative estimate of drug-likeness (QED) is 0.740. The molecule has 0 aliphatic carbocycles. The van der Waals surface area contributed by atoms with E-state index in [1.807, 2.05) is 19.9 Å². The third kappa shape index (κ3) is 4.04. The molecule has 0 fully saturated rings. The van der Waals surface area contributed by atoms with E-state index in [2.05, 4.69) is 6.08 Å². The van der Waals surface area contributed by atoms with Crippen LogP contribution in [0.4, 0.5) is 0 Å². The first-order valence-corrected chi connectivity index (χ1v) is 5.55. The first-order valence-electron chi connectivity index (χ1n) is 5.55. The maximum Gasteiger partial charge on any atom is 0.303 e. The Morgan fingerprint density at radius 1 is 1.31 bits per heavy atom. The van der Waals surface area contributed by atoms with Gasteiger partial charge in [0.1, 0.15) is 0 Å². The van der Waals surface area contributed by atoms with Gasteiger partial charge in [-0.3, -0.25) is 9.59 Å². The van der Waals surface area contributed by atoms with Gasteiger partial charge in [0.25, 0.3) is 0 Å². The predicted octanol–water partition coefficient (Wildman–Crippen LogP) is 1.67. The molecule has 1 amide bonds. The molecular formula is C12H19NO3. The summed E-state index contributed by atoms with van der Waals surface area (Å²) in [6.45, 7) is 5.04. The zero-order chi connectivity index (χ0) is 12.2. The maximum absolute atomic E-state index is 11.9. The fourth-order valence-corrected chi connectivity index (χ4v) is 1.86. The van der Waals surface area contributed by atoms with Gasteiger partial charge in [0.15, 0.2) is 0 Å². The van der Waals surface area contributed by atoms with E-state index >= 15 is 0 Å². The van der Waals surface area contributed by atoms with Crippen LogP contribution in [0.25, 0.3) is 0 Å². The van der Waals surface area contributed by atoms with Gasteiger partial charge < -0.3 is 10.0 Å². The summed E-state index contributed by atoms with van der Waals surface area (Å²) in [5, 5.41) is 8.74. The Labute approximate surface area is 95.9 Å². The van der Waals surface area contributed by atoms with Crippen LogP contribution >= 0.6 is 0 Å². The van der Waals surface area contributed by atoms with Gasteiger partial charge in [0.05, 0.1) is 6.42 Å². The molecule has 0 saturated carbocycles. The minimum absolute atomic E-state index is 0.0302. The number of carboxylic acids is 1. The Balaban J connectivity index is 2.49. The highest BCUT2D eigenvalue weighted by molar-refractivity contribution is 5.78. The lowest BCUT2D eigenvalue weighted by Crippen LogP contribution is -2.36. The molecule has 1 heterocycles. The SMILES string of the molecule is CC(C)(CC(=O)O)CC(=O)N1CC=CCC1. The van der Waals surface area contributed by atoms with Crippen LogP contribution in [0.3, 0.4) is 0 Å². The van der Waals surface area contributed by atoms with Crippen molar-refractivity contribution in [3.63, 3.8) is 0 Å². The molecule has 0 bridgehead atoms. The van der Waals surface area contributed by atoms with Crippen LogP contribution in [0.5, 0.6) is 0 Å². The molecule has 1 aliphatic rings. The topological polar surface area (TPSA) is 57.6 Å². The molecule has 0 unspecified atom stereocenters. The molecular weight excluding hydrogens is 206 g/mol. The van der Waals surface area contributed by atoms with E-state index in [-0.39, 0.29) is 12.3 Å². The third-order valence-electron chi connectivity index (χ3n) is 2.67. The maximum atomic E-state index is 11.9. The van der Waals surface area contributed by atoms with Gasteiger partial charge in [-0.2, -0.15) is 0 Å². The Bertz CT molecular complexity index is 307. The Kier molecular flexibility index (Phi) is 4.10. The fraction of sp³-hybridized carbons (Fsp3) is 0.667. The average Bonchev–Trinajstić information content (AvgIpc) is 2.16. The molecule has 0 saturated heterocycles. The fourth-order valence-electron chi connectivity index (χ4n) is 1.86. The van der Waals surface area contributed by atoms with Crippen molar-refractivity contribution in [1.29, 1.82) is 0 Å². The summed E-state index contributed by atoms with van der Waals surface area (Å²) < 4.78 is 0. The number of carboxylic acid groups (broad SMARTS) is 1. The van der Waals surface area contributed by atoms with Crippen molar-refractivity contribution in [2.45, 2.75) is 33.1 Å². The number of rotatable bonds is 4. The van der Waals surface area contributed by atoms with Crippen molar-refractivity contribution in [1.82, 2.24) is 4.90 Å². The summed E-state index contributed by atoms with van der Waals surface area (Å²) in [6, 6.07) is 0. The molecule has 4 heteroatoms. The summed E-state index contributed by atoms with van der Waals surface area (Å²) in [6.07, 6.45) is 5.26. The largest absolute Gasteiger partial charge is 0.481 e. The Hall–Kier alpha value is -1.32. The Morgan fingerprint density at radius 3 is 2.50 bits per heavy atom. The summed E-state index contributed by atoms with van der Waals surface area (Å²) in [5.74, 6) is -0.799. The molecule has 1 rings (SSSR count). The van der Waals surface area contributed by atoms with Gasteiger partial charge in [0.2, 0.25) is 5.91 Å². The van der Waals surface area contributed by atoms with E-state index < -0.39 is 11.4 Å². The lowest BCUT2D eigenvalue weighted by molar-refractivity contribution is -0.140.